The molecule has 112 valence electrons. The first kappa shape index (κ1) is 15.2. The Morgan fingerprint density at radius 3 is 2.75 bits per heavy atom. The highest BCUT2D eigenvalue weighted by Crippen LogP contribution is 2.31. The van der Waals surface area contributed by atoms with Gasteiger partial charge < -0.3 is 20.5 Å². The third kappa shape index (κ3) is 3.48. The van der Waals surface area contributed by atoms with E-state index in [4.69, 9.17) is 15.6 Å². The topological polar surface area (TPSA) is 58.7 Å². The largest absolute Gasteiger partial charge is 0.394 e. The van der Waals surface area contributed by atoms with Gasteiger partial charge in [0.15, 0.2) is 0 Å². The molecule has 4 nitrogen and oxygen atoms in total. The van der Waals surface area contributed by atoms with E-state index in [0.717, 1.165) is 31.5 Å². The van der Waals surface area contributed by atoms with Gasteiger partial charge in [-0.2, -0.15) is 0 Å². The van der Waals surface area contributed by atoms with Crippen LogP contribution >= 0.6 is 0 Å². The minimum Gasteiger partial charge on any atom is -0.394 e. The van der Waals surface area contributed by atoms with Crippen molar-refractivity contribution < 1.29 is 14.2 Å². The van der Waals surface area contributed by atoms with E-state index >= 15 is 0 Å². The molecule has 0 saturated carbocycles. The van der Waals surface area contributed by atoms with Crippen molar-refractivity contribution in [2.24, 2.45) is 5.73 Å². The Bertz CT molecular complexity index is 432. The first-order valence-corrected chi connectivity index (χ1v) is 7.15. The number of benzene rings is 1. The quantitative estimate of drug-likeness (QED) is 0.865. The second-order valence-electron chi connectivity index (χ2n) is 5.25. The molecule has 1 aliphatic rings. The molecule has 0 aliphatic carbocycles. The molecule has 0 spiro atoms. The first-order valence-electron chi connectivity index (χ1n) is 7.15. The number of rotatable bonds is 5. The third-order valence-electron chi connectivity index (χ3n) is 3.71. The highest BCUT2D eigenvalue weighted by atomic mass is 19.1. The molecular weight excluding hydrogens is 259 g/mol. The zero-order chi connectivity index (χ0) is 14.5. The fourth-order valence-electron chi connectivity index (χ4n) is 2.70. The van der Waals surface area contributed by atoms with Crippen LogP contribution in [-0.4, -0.2) is 37.5 Å². The van der Waals surface area contributed by atoms with Crippen molar-refractivity contribution in [3.63, 3.8) is 0 Å². The summed E-state index contributed by atoms with van der Waals surface area (Å²) in [5, 5.41) is 8.76. The standard InChI is InChI=1S/C15H23FN2O2/c1-11(17)13-3-2-4-14(16)15(13)18-7-5-12(6-8-18)20-10-9-19/h2-4,11-12,19H,5-10,17H2,1H3. The molecule has 1 unspecified atom stereocenters. The molecule has 1 aromatic carbocycles. The van der Waals surface area contributed by atoms with Crippen molar-refractivity contribution in [2.45, 2.75) is 31.9 Å². The summed E-state index contributed by atoms with van der Waals surface area (Å²) in [4.78, 5) is 2.05. The zero-order valence-electron chi connectivity index (χ0n) is 11.9. The second kappa shape index (κ2) is 7.02. The molecule has 1 heterocycles. The Kier molecular flexibility index (Phi) is 5.34. The number of nitrogens with two attached hydrogens (primary N) is 1. The molecule has 1 atom stereocenters. The molecule has 20 heavy (non-hydrogen) atoms. The third-order valence-corrected chi connectivity index (χ3v) is 3.71. The van der Waals surface area contributed by atoms with Gasteiger partial charge in [-0.05, 0) is 31.4 Å². The molecule has 1 aliphatic heterocycles. The summed E-state index contributed by atoms with van der Waals surface area (Å²) < 4.78 is 19.7. The normalized spacial score (nSPS) is 18.3. The smallest absolute Gasteiger partial charge is 0.146 e. The van der Waals surface area contributed by atoms with Crippen LogP contribution in [-0.2, 0) is 4.74 Å². The van der Waals surface area contributed by atoms with E-state index < -0.39 is 0 Å². The van der Waals surface area contributed by atoms with Crippen LogP contribution in [0.15, 0.2) is 18.2 Å². The van der Waals surface area contributed by atoms with Crippen LogP contribution in [0.5, 0.6) is 0 Å². The van der Waals surface area contributed by atoms with Crippen LogP contribution in [0.4, 0.5) is 10.1 Å². The van der Waals surface area contributed by atoms with E-state index in [1.54, 1.807) is 6.07 Å². The van der Waals surface area contributed by atoms with Crippen LogP contribution < -0.4 is 10.6 Å². The fourth-order valence-corrected chi connectivity index (χ4v) is 2.70. The number of piperidine rings is 1. The lowest BCUT2D eigenvalue weighted by Crippen LogP contribution is -2.38. The highest BCUT2D eigenvalue weighted by molar-refractivity contribution is 5.56. The second-order valence-corrected chi connectivity index (χ2v) is 5.25. The van der Waals surface area contributed by atoms with Crippen molar-refractivity contribution >= 4 is 5.69 Å². The molecule has 0 bridgehead atoms. The van der Waals surface area contributed by atoms with Crippen molar-refractivity contribution in [3.8, 4) is 0 Å². The number of ether oxygens (including phenoxy) is 1. The maximum Gasteiger partial charge on any atom is 0.146 e. The van der Waals surface area contributed by atoms with E-state index in [1.165, 1.54) is 6.07 Å². The van der Waals surface area contributed by atoms with Gasteiger partial charge in [0.2, 0.25) is 0 Å². The maximum absolute atomic E-state index is 14.1. The molecule has 3 N–H and O–H groups in total. The summed E-state index contributed by atoms with van der Waals surface area (Å²) in [6, 6.07) is 4.88. The summed E-state index contributed by atoms with van der Waals surface area (Å²) >= 11 is 0. The van der Waals surface area contributed by atoms with Crippen LogP contribution in [0.3, 0.4) is 0 Å². The molecular formula is C15H23FN2O2. The minimum atomic E-state index is -0.213. The number of aliphatic hydroxyl groups excluding tert-OH is 1. The Morgan fingerprint density at radius 2 is 2.15 bits per heavy atom. The number of hydrogen-bond donors (Lipinski definition) is 2. The van der Waals surface area contributed by atoms with Gasteiger partial charge in [-0.3, -0.25) is 0 Å². The van der Waals surface area contributed by atoms with Gasteiger partial charge >= 0.3 is 0 Å². The SMILES string of the molecule is CC(N)c1cccc(F)c1N1CCC(OCCO)CC1. The highest BCUT2D eigenvalue weighted by Gasteiger charge is 2.24. The van der Waals surface area contributed by atoms with E-state index in [9.17, 15) is 4.39 Å². The van der Waals surface area contributed by atoms with Gasteiger partial charge in [-0.1, -0.05) is 12.1 Å². The van der Waals surface area contributed by atoms with E-state index in [-0.39, 0.29) is 24.6 Å². The number of anilines is 1. The predicted octanol–water partition coefficient (Wildman–Crippen LogP) is 1.82. The molecule has 0 radical (unpaired) electrons. The lowest BCUT2D eigenvalue weighted by atomic mass is 10.0. The first-order chi connectivity index (χ1) is 9.63. The van der Waals surface area contributed by atoms with Gasteiger partial charge in [0, 0.05) is 19.1 Å². The van der Waals surface area contributed by atoms with Gasteiger partial charge in [-0.15, -0.1) is 0 Å². The Morgan fingerprint density at radius 1 is 1.45 bits per heavy atom. The molecule has 1 fully saturated rings. The molecule has 5 heteroatoms. The average molecular weight is 282 g/mol. The minimum absolute atomic E-state index is 0.0440. The Balaban J connectivity index is 2.07. The molecule has 1 saturated heterocycles. The summed E-state index contributed by atoms with van der Waals surface area (Å²) in [7, 11) is 0. The molecule has 1 aromatic rings. The van der Waals surface area contributed by atoms with Crippen LogP contribution in [0.25, 0.3) is 0 Å². The maximum atomic E-state index is 14.1. The van der Waals surface area contributed by atoms with E-state index in [0.29, 0.717) is 12.3 Å². The number of para-hydroxylation sites is 1. The lowest BCUT2D eigenvalue weighted by molar-refractivity contribution is 0.0158. The van der Waals surface area contributed by atoms with Crippen molar-refractivity contribution in [3.05, 3.63) is 29.6 Å². The van der Waals surface area contributed by atoms with Crippen molar-refractivity contribution in [1.29, 1.82) is 0 Å². The monoisotopic (exact) mass is 282 g/mol. The summed E-state index contributed by atoms with van der Waals surface area (Å²) in [6.07, 6.45) is 1.84. The van der Waals surface area contributed by atoms with E-state index in [1.807, 2.05) is 17.9 Å². The van der Waals surface area contributed by atoms with Crippen LogP contribution in [0.2, 0.25) is 0 Å². The van der Waals surface area contributed by atoms with E-state index in [2.05, 4.69) is 0 Å². The molecule has 0 amide bonds. The number of aliphatic hydroxyl groups is 1. The Labute approximate surface area is 119 Å². The van der Waals surface area contributed by atoms with Crippen molar-refractivity contribution in [1.82, 2.24) is 0 Å². The van der Waals surface area contributed by atoms with Crippen LogP contribution in [0, 0.1) is 5.82 Å². The fraction of sp³-hybridized carbons (Fsp3) is 0.600. The number of hydrogen-bond acceptors (Lipinski definition) is 4. The van der Waals surface area contributed by atoms with Gasteiger partial charge in [-0.25, -0.2) is 4.39 Å². The number of halogens is 1. The summed E-state index contributed by atoms with van der Waals surface area (Å²) in [5.41, 5.74) is 7.41. The lowest BCUT2D eigenvalue weighted by Gasteiger charge is -2.35. The average Bonchev–Trinajstić information content (AvgIpc) is 2.45. The zero-order valence-corrected chi connectivity index (χ0v) is 11.9. The summed E-state index contributed by atoms with van der Waals surface area (Å²) in [6.45, 7) is 3.78. The van der Waals surface area contributed by atoms with Crippen molar-refractivity contribution in [2.75, 3.05) is 31.2 Å². The Hall–Kier alpha value is -1.17. The molecule has 0 aromatic heterocycles. The van der Waals surface area contributed by atoms with Gasteiger partial charge in [0.05, 0.1) is 25.0 Å². The molecule has 2 rings (SSSR count). The summed E-state index contributed by atoms with van der Waals surface area (Å²) in [5.74, 6) is -0.213. The van der Waals surface area contributed by atoms with Gasteiger partial charge in [0.1, 0.15) is 5.82 Å². The number of nitrogens with zero attached hydrogens (tertiary/aromatic N) is 1. The van der Waals surface area contributed by atoms with Gasteiger partial charge in [0.25, 0.3) is 0 Å². The van der Waals surface area contributed by atoms with Crippen LogP contribution in [0.1, 0.15) is 31.4 Å². The predicted molar refractivity (Wildman–Crippen MR) is 77.3 cm³/mol.